The monoisotopic (exact) mass is 1100 g/mol. The number of hydrogen-bond donors (Lipinski definition) is 0. The fraction of sp³-hybridized carbons (Fsp3) is 0.910. The third-order valence-electron chi connectivity index (χ3n) is 19.6. The molecule has 0 amide bonds. The van der Waals surface area contributed by atoms with Crippen LogP contribution in [-0.4, -0.2) is 67.7 Å². The highest BCUT2D eigenvalue weighted by Crippen LogP contribution is 2.67. The number of unbranched alkanes of at least 4 members (excludes halogenated alkanes) is 25. The van der Waals surface area contributed by atoms with Crippen molar-refractivity contribution in [3.05, 3.63) is 0 Å². The normalized spacial score (nSPS) is 24.9. The molecule has 0 heterocycles. The molecule has 4 rings (SSSR count). The van der Waals surface area contributed by atoms with E-state index in [2.05, 4.69) is 27.7 Å². The smallest absolute Gasteiger partial charge is 0.306 e. The van der Waals surface area contributed by atoms with Crippen molar-refractivity contribution in [2.24, 2.45) is 46.3 Å². The Bertz CT molecular complexity index is 1670. The number of hydrogen-bond acceptors (Lipinski definition) is 11. The summed E-state index contributed by atoms with van der Waals surface area (Å²) in [6.45, 7) is 12.8. The summed E-state index contributed by atoms with van der Waals surface area (Å²) in [6, 6.07) is 0. The average molecular weight is 1100 g/mol. The maximum Gasteiger partial charge on any atom is 0.306 e. The molecule has 450 valence electrons. The molecule has 0 spiro atoms. The molecule has 0 saturated heterocycles. The second kappa shape index (κ2) is 38.7. The zero-order valence-corrected chi connectivity index (χ0v) is 50.9. The summed E-state index contributed by atoms with van der Waals surface area (Å²) in [4.78, 5) is 77.0. The molecule has 0 aromatic rings. The lowest BCUT2D eigenvalue weighted by Crippen LogP contribution is -2.54. The molecular formula is C67H116O11. The van der Waals surface area contributed by atoms with Gasteiger partial charge in [-0.2, -0.15) is 0 Å². The van der Waals surface area contributed by atoms with Crippen molar-refractivity contribution in [2.45, 2.75) is 323 Å². The summed E-state index contributed by atoms with van der Waals surface area (Å²) in [5, 5.41) is 0. The summed E-state index contributed by atoms with van der Waals surface area (Å²) in [7, 11) is 0. The molecule has 4 saturated carbocycles. The lowest BCUT2D eigenvalue weighted by molar-refractivity contribution is -0.167. The van der Waals surface area contributed by atoms with Gasteiger partial charge in [0, 0.05) is 38.0 Å². The fourth-order valence-electron chi connectivity index (χ4n) is 14.9. The Morgan fingerprint density at radius 3 is 1.42 bits per heavy atom. The minimum Gasteiger partial charge on any atom is -0.466 e. The van der Waals surface area contributed by atoms with Crippen LogP contribution < -0.4 is 0 Å². The van der Waals surface area contributed by atoms with Crippen LogP contribution >= 0.6 is 0 Å². The van der Waals surface area contributed by atoms with E-state index in [9.17, 15) is 28.8 Å². The van der Waals surface area contributed by atoms with E-state index in [-0.39, 0.29) is 98.6 Å². The minimum atomic E-state index is -0.947. The molecule has 11 nitrogen and oxygen atoms in total. The highest BCUT2D eigenvalue weighted by molar-refractivity contribution is 5.79. The Hall–Kier alpha value is -2.98. The summed E-state index contributed by atoms with van der Waals surface area (Å²) in [5.41, 5.74) is 0.438. The zero-order valence-electron chi connectivity index (χ0n) is 50.9. The second-order valence-corrected chi connectivity index (χ2v) is 26.0. The van der Waals surface area contributed by atoms with E-state index in [4.69, 9.17) is 23.7 Å². The molecule has 4 aliphatic carbocycles. The Morgan fingerprint density at radius 2 is 0.910 bits per heavy atom. The summed E-state index contributed by atoms with van der Waals surface area (Å²) in [5.74, 6) is 0.975. The lowest BCUT2D eigenvalue weighted by Gasteiger charge is -2.61. The standard InChI is InChI=1S/C67H116O11/c1-7-9-11-13-15-17-19-21-23-25-27-29-31-35-61(69)75-50-56(51-76-62(70)36-32-30-28-26-24-22-20-18-16-14-12-10-8-2)78-65(73)48-52(3)47-64(72)74-46-34-33-37-63(71)77-55-42-44-66(5)54(49-55)38-39-57-59-41-40-58(53(4)68)67(59,6)45-43-60(57)66/h52,54-60H,7-51H2,1-6H3/t52?,54-,55-,57-,58+,59-,60-,66-,67+/m0/s1. The summed E-state index contributed by atoms with van der Waals surface area (Å²) in [6.07, 6.45) is 42.5. The van der Waals surface area contributed by atoms with Gasteiger partial charge in [0.1, 0.15) is 25.1 Å². The van der Waals surface area contributed by atoms with E-state index in [1.54, 1.807) is 13.8 Å². The Morgan fingerprint density at radius 1 is 0.462 bits per heavy atom. The average Bonchev–Trinajstić information content (AvgIpc) is 3.99. The van der Waals surface area contributed by atoms with Gasteiger partial charge in [-0.05, 0) is 131 Å². The molecule has 0 radical (unpaired) electrons. The maximum atomic E-state index is 13.2. The van der Waals surface area contributed by atoms with Gasteiger partial charge in [0.2, 0.25) is 0 Å². The number of Topliss-reactive ketones (excluding diaryl/α,β-unsaturated/α-hetero) is 1. The number of esters is 5. The number of carbonyl (C=O) groups is 6. The molecule has 78 heavy (non-hydrogen) atoms. The van der Waals surface area contributed by atoms with Crippen molar-refractivity contribution in [1.82, 2.24) is 0 Å². The van der Waals surface area contributed by atoms with Gasteiger partial charge in [-0.3, -0.25) is 28.8 Å². The maximum absolute atomic E-state index is 13.2. The van der Waals surface area contributed by atoms with Crippen LogP contribution in [0.1, 0.15) is 311 Å². The summed E-state index contributed by atoms with van der Waals surface area (Å²) >= 11 is 0. The number of ether oxygens (including phenoxy) is 5. The van der Waals surface area contributed by atoms with Crippen molar-refractivity contribution >= 4 is 35.6 Å². The van der Waals surface area contributed by atoms with Crippen molar-refractivity contribution in [3.63, 3.8) is 0 Å². The third-order valence-corrected chi connectivity index (χ3v) is 19.6. The predicted molar refractivity (Wildman–Crippen MR) is 311 cm³/mol. The Kier molecular flexibility index (Phi) is 33.5. The fourth-order valence-corrected chi connectivity index (χ4v) is 14.9. The van der Waals surface area contributed by atoms with Crippen molar-refractivity contribution in [2.75, 3.05) is 19.8 Å². The zero-order chi connectivity index (χ0) is 56.4. The van der Waals surface area contributed by atoms with Crippen LogP contribution in [0.3, 0.4) is 0 Å². The predicted octanol–water partition coefficient (Wildman–Crippen LogP) is 17.2. The molecule has 1 unspecified atom stereocenters. The molecule has 0 N–H and O–H groups in total. The van der Waals surface area contributed by atoms with Crippen molar-refractivity contribution in [3.8, 4) is 0 Å². The molecule has 4 fully saturated rings. The number of rotatable bonds is 44. The van der Waals surface area contributed by atoms with Crippen molar-refractivity contribution < 1.29 is 52.5 Å². The SMILES string of the molecule is CCCCCCCCCCCCCCCC(=O)OCC(COC(=O)CCCCCCCCCCCCCCC)OC(=O)CC(C)CC(=O)OCCCCC(=O)O[C@H]1CC[C@@]2(C)[C@@H](CC[C@@H]3[C@@H]2CC[C@]2(C)[C@@H](C(C)=O)CC[C@@H]32)C1. The molecule has 0 aromatic carbocycles. The highest BCUT2D eigenvalue weighted by Gasteiger charge is 2.61. The number of carbonyl (C=O) groups excluding carboxylic acids is 6. The van der Waals surface area contributed by atoms with E-state index < -0.39 is 18.0 Å². The first kappa shape index (κ1) is 67.5. The Balaban J connectivity index is 1.08. The minimum absolute atomic E-state index is 0.0201. The van der Waals surface area contributed by atoms with E-state index in [0.29, 0.717) is 42.3 Å². The van der Waals surface area contributed by atoms with Crippen LogP contribution in [0.15, 0.2) is 0 Å². The topological polar surface area (TPSA) is 149 Å². The number of fused-ring (bicyclic) bond motifs is 5. The Labute approximate surface area is 475 Å². The van der Waals surface area contributed by atoms with Crippen LogP contribution in [-0.2, 0) is 52.5 Å². The van der Waals surface area contributed by atoms with E-state index >= 15 is 0 Å². The van der Waals surface area contributed by atoms with Gasteiger partial charge >= 0.3 is 29.8 Å². The van der Waals surface area contributed by atoms with E-state index in [0.717, 1.165) is 70.6 Å². The van der Waals surface area contributed by atoms with Crippen LogP contribution in [0.4, 0.5) is 0 Å². The van der Waals surface area contributed by atoms with Gasteiger partial charge in [0.15, 0.2) is 6.10 Å². The molecule has 9 atom stereocenters. The largest absolute Gasteiger partial charge is 0.466 e. The number of ketones is 1. The molecule has 0 aliphatic heterocycles. The van der Waals surface area contributed by atoms with Gasteiger partial charge in [-0.25, -0.2) is 0 Å². The van der Waals surface area contributed by atoms with Gasteiger partial charge in [0.05, 0.1) is 6.61 Å². The van der Waals surface area contributed by atoms with Gasteiger partial charge in [-0.1, -0.05) is 189 Å². The van der Waals surface area contributed by atoms with E-state index in [1.807, 2.05) is 0 Å². The quantitative estimate of drug-likeness (QED) is 0.0326. The van der Waals surface area contributed by atoms with Gasteiger partial charge in [0.25, 0.3) is 0 Å². The van der Waals surface area contributed by atoms with Crippen LogP contribution in [0.2, 0.25) is 0 Å². The van der Waals surface area contributed by atoms with Gasteiger partial charge in [-0.15, -0.1) is 0 Å². The second-order valence-electron chi connectivity index (χ2n) is 26.0. The lowest BCUT2D eigenvalue weighted by atomic mass is 9.44. The first-order valence-electron chi connectivity index (χ1n) is 33.1. The molecule has 11 heteroatoms. The molecule has 0 bridgehead atoms. The molecular weight excluding hydrogens is 981 g/mol. The third kappa shape index (κ3) is 25.0. The first-order valence-corrected chi connectivity index (χ1v) is 33.1. The molecule has 0 aromatic heterocycles. The van der Waals surface area contributed by atoms with Crippen molar-refractivity contribution in [1.29, 1.82) is 0 Å². The summed E-state index contributed by atoms with van der Waals surface area (Å²) < 4.78 is 28.4. The van der Waals surface area contributed by atoms with E-state index in [1.165, 1.54) is 154 Å². The van der Waals surface area contributed by atoms with Gasteiger partial charge < -0.3 is 23.7 Å². The molecule has 4 aliphatic rings. The first-order chi connectivity index (χ1) is 37.7. The van der Waals surface area contributed by atoms with Crippen LogP contribution in [0.25, 0.3) is 0 Å². The highest BCUT2D eigenvalue weighted by atomic mass is 16.6. The van der Waals surface area contributed by atoms with Crippen LogP contribution in [0.5, 0.6) is 0 Å². The van der Waals surface area contributed by atoms with Crippen LogP contribution in [0, 0.1) is 46.3 Å².